The minimum atomic E-state index is -0.360. The van der Waals surface area contributed by atoms with Gasteiger partial charge in [0, 0.05) is 5.38 Å². The van der Waals surface area contributed by atoms with Crippen LogP contribution in [0.25, 0.3) is 0 Å². The first-order valence-electron chi connectivity index (χ1n) is 1.61. The van der Waals surface area contributed by atoms with E-state index in [1.807, 2.05) is 0 Å². The molecule has 0 fully saturated rings. The van der Waals surface area contributed by atoms with Gasteiger partial charge in [-0.3, -0.25) is 0 Å². The zero-order valence-corrected chi connectivity index (χ0v) is 4.81. The first-order chi connectivity index (χ1) is 3.30. The summed E-state index contributed by atoms with van der Waals surface area (Å²) in [6.07, 6.45) is 0. The maximum Gasteiger partial charge on any atom is 0.195 e. The quantitative estimate of drug-likeness (QED) is 0.512. The van der Waals surface area contributed by atoms with E-state index in [0.29, 0.717) is 0 Å². The molecular formula is C4HClFS. The molecule has 0 aromatic carbocycles. The maximum absolute atomic E-state index is 11.9. The fourth-order valence-corrected chi connectivity index (χ4v) is 0.910. The molecule has 0 amide bonds. The molecule has 1 rings (SSSR count). The van der Waals surface area contributed by atoms with Crippen molar-refractivity contribution in [3.05, 3.63) is 21.6 Å². The second kappa shape index (κ2) is 1.80. The van der Waals surface area contributed by atoms with Gasteiger partial charge in [-0.2, -0.15) is 4.39 Å². The molecule has 37 valence electrons. The van der Waals surface area contributed by atoms with Crippen molar-refractivity contribution in [2.45, 2.75) is 0 Å². The molecule has 0 spiro atoms. The lowest BCUT2D eigenvalue weighted by Crippen LogP contribution is -1.53. The molecule has 0 N–H and O–H groups in total. The standard InChI is InChI=1S/C4HClFS/c5-3-1-2-7-4(3)6/h1H. The molecule has 0 saturated heterocycles. The Morgan fingerprint density at radius 2 is 2.57 bits per heavy atom. The zero-order chi connectivity index (χ0) is 5.28. The SMILES string of the molecule is Fc1s[c]cc1Cl. The Morgan fingerprint density at radius 1 is 1.86 bits per heavy atom. The zero-order valence-electron chi connectivity index (χ0n) is 3.24. The second-order valence-electron chi connectivity index (χ2n) is 0.986. The molecule has 0 aliphatic heterocycles. The van der Waals surface area contributed by atoms with E-state index < -0.39 is 0 Å². The van der Waals surface area contributed by atoms with Gasteiger partial charge in [0.2, 0.25) is 0 Å². The van der Waals surface area contributed by atoms with Crippen LogP contribution < -0.4 is 0 Å². The fourth-order valence-electron chi connectivity index (χ4n) is 0.238. The van der Waals surface area contributed by atoms with Crippen LogP contribution in [0.5, 0.6) is 0 Å². The molecule has 7 heavy (non-hydrogen) atoms. The first kappa shape index (κ1) is 5.06. The summed E-state index contributed by atoms with van der Waals surface area (Å²) in [6.45, 7) is 0. The first-order valence-corrected chi connectivity index (χ1v) is 2.81. The van der Waals surface area contributed by atoms with Crippen LogP contribution in [-0.2, 0) is 0 Å². The summed E-state index contributed by atoms with van der Waals surface area (Å²) in [4.78, 5) is 0. The van der Waals surface area contributed by atoms with Crippen LogP contribution in [0.3, 0.4) is 0 Å². The lowest BCUT2D eigenvalue weighted by atomic mass is 10.7. The Balaban J connectivity index is 3.12. The van der Waals surface area contributed by atoms with Crippen molar-refractivity contribution < 1.29 is 4.39 Å². The summed E-state index contributed by atoms with van der Waals surface area (Å²) in [5.41, 5.74) is 0. The molecule has 1 radical (unpaired) electrons. The smallest absolute Gasteiger partial charge is 0.193 e. The predicted molar refractivity (Wildman–Crippen MR) is 28.1 cm³/mol. The lowest BCUT2D eigenvalue weighted by molar-refractivity contribution is 0.658. The van der Waals surface area contributed by atoms with Crippen molar-refractivity contribution in [3.63, 3.8) is 0 Å². The van der Waals surface area contributed by atoms with Crippen LogP contribution in [0.4, 0.5) is 4.39 Å². The second-order valence-corrected chi connectivity index (χ2v) is 2.19. The van der Waals surface area contributed by atoms with Crippen molar-refractivity contribution in [2.75, 3.05) is 0 Å². The fraction of sp³-hybridized carbons (Fsp3) is 0. The summed E-state index contributed by atoms with van der Waals surface area (Å²) < 4.78 is 11.9. The Labute approximate surface area is 49.5 Å². The van der Waals surface area contributed by atoms with E-state index >= 15 is 0 Å². The molecule has 0 atom stereocenters. The van der Waals surface area contributed by atoms with E-state index in [-0.39, 0.29) is 10.2 Å². The van der Waals surface area contributed by atoms with Gasteiger partial charge in [0.05, 0.1) is 5.02 Å². The number of thiophene rings is 1. The lowest BCUT2D eigenvalue weighted by Gasteiger charge is -1.71. The van der Waals surface area contributed by atoms with Crippen molar-refractivity contribution in [1.82, 2.24) is 0 Å². The van der Waals surface area contributed by atoms with Crippen LogP contribution in [0.2, 0.25) is 5.02 Å². The van der Waals surface area contributed by atoms with E-state index in [1.54, 1.807) is 0 Å². The van der Waals surface area contributed by atoms with Gasteiger partial charge in [0.1, 0.15) is 0 Å². The van der Waals surface area contributed by atoms with Crippen LogP contribution in [-0.4, -0.2) is 0 Å². The average molecular weight is 136 g/mol. The molecule has 0 aliphatic rings. The molecule has 1 aromatic heterocycles. The van der Waals surface area contributed by atoms with E-state index in [1.165, 1.54) is 6.07 Å². The Hall–Kier alpha value is -0.0800. The molecule has 0 nitrogen and oxygen atoms in total. The van der Waals surface area contributed by atoms with E-state index in [2.05, 4.69) is 5.38 Å². The normalized spacial score (nSPS) is 9.43. The summed E-state index contributed by atoms with van der Waals surface area (Å²) >= 11 is 6.11. The number of rotatable bonds is 0. The third kappa shape index (κ3) is 0.924. The van der Waals surface area contributed by atoms with E-state index in [4.69, 9.17) is 11.6 Å². The van der Waals surface area contributed by atoms with Crippen LogP contribution >= 0.6 is 22.9 Å². The van der Waals surface area contributed by atoms with Crippen molar-refractivity contribution in [1.29, 1.82) is 0 Å². The van der Waals surface area contributed by atoms with Gasteiger partial charge in [-0.25, -0.2) is 0 Å². The average Bonchev–Trinajstić information content (AvgIpc) is 1.91. The predicted octanol–water partition coefficient (Wildman–Crippen LogP) is 2.34. The maximum atomic E-state index is 11.9. The van der Waals surface area contributed by atoms with Gasteiger partial charge in [0.15, 0.2) is 5.13 Å². The van der Waals surface area contributed by atoms with Gasteiger partial charge in [-0.15, -0.1) is 11.3 Å². The van der Waals surface area contributed by atoms with Crippen LogP contribution in [0.15, 0.2) is 6.07 Å². The van der Waals surface area contributed by atoms with Gasteiger partial charge in [-0.1, -0.05) is 11.6 Å². The van der Waals surface area contributed by atoms with Gasteiger partial charge in [0.25, 0.3) is 0 Å². The van der Waals surface area contributed by atoms with E-state index in [9.17, 15) is 4.39 Å². The highest BCUT2D eigenvalue weighted by Gasteiger charge is 1.95. The molecule has 1 aromatic rings. The molecule has 1 heterocycles. The Morgan fingerprint density at radius 3 is 2.71 bits per heavy atom. The summed E-state index contributed by atoms with van der Waals surface area (Å²) in [6, 6.07) is 1.40. The van der Waals surface area contributed by atoms with Crippen molar-refractivity contribution >= 4 is 22.9 Å². The van der Waals surface area contributed by atoms with E-state index in [0.717, 1.165) is 11.3 Å². The Bertz CT molecular complexity index is 144. The van der Waals surface area contributed by atoms with Crippen LogP contribution in [0.1, 0.15) is 0 Å². The van der Waals surface area contributed by atoms with Crippen LogP contribution in [0, 0.1) is 10.5 Å². The van der Waals surface area contributed by atoms with Crippen molar-refractivity contribution in [2.24, 2.45) is 0 Å². The molecule has 3 heteroatoms. The minimum Gasteiger partial charge on any atom is -0.193 e. The summed E-state index contributed by atoms with van der Waals surface area (Å²) in [5.74, 6) is 0. The number of hydrogen-bond acceptors (Lipinski definition) is 1. The Kier molecular flexibility index (Phi) is 1.30. The summed E-state index contributed by atoms with van der Waals surface area (Å²) in [7, 11) is 0. The highest BCUT2D eigenvalue weighted by Crippen LogP contribution is 2.17. The third-order valence-corrected chi connectivity index (χ3v) is 1.54. The molecular weight excluding hydrogens is 135 g/mol. The summed E-state index contributed by atoms with van der Waals surface area (Å²) in [5, 5.41) is 2.33. The molecule has 0 aliphatic carbocycles. The topological polar surface area (TPSA) is 0 Å². The van der Waals surface area contributed by atoms with Gasteiger partial charge >= 0.3 is 0 Å². The molecule has 0 saturated carbocycles. The van der Waals surface area contributed by atoms with Gasteiger partial charge in [-0.05, 0) is 6.07 Å². The van der Waals surface area contributed by atoms with Gasteiger partial charge < -0.3 is 0 Å². The van der Waals surface area contributed by atoms with Crippen molar-refractivity contribution in [3.8, 4) is 0 Å². The molecule has 0 unspecified atom stereocenters. The highest BCUT2D eigenvalue weighted by molar-refractivity contribution is 7.08. The third-order valence-electron chi connectivity index (χ3n) is 0.522. The monoisotopic (exact) mass is 135 g/mol. The number of halogens is 2. The minimum absolute atomic E-state index is 0.157. The largest absolute Gasteiger partial charge is 0.195 e. The molecule has 0 bridgehead atoms. The highest BCUT2D eigenvalue weighted by atomic mass is 35.5. The number of hydrogen-bond donors (Lipinski definition) is 0.